The summed E-state index contributed by atoms with van der Waals surface area (Å²) in [7, 11) is 0. The van der Waals surface area contributed by atoms with Crippen LogP contribution in [0.1, 0.15) is 15.9 Å². The Hall–Kier alpha value is -3.16. The van der Waals surface area contributed by atoms with Gasteiger partial charge >= 0.3 is 0 Å². The molecule has 0 radical (unpaired) electrons. The van der Waals surface area contributed by atoms with E-state index in [1.54, 1.807) is 6.20 Å². The van der Waals surface area contributed by atoms with Gasteiger partial charge in [-0.15, -0.1) is 0 Å². The summed E-state index contributed by atoms with van der Waals surface area (Å²) in [6.07, 6.45) is 1.76. The summed E-state index contributed by atoms with van der Waals surface area (Å²) in [6, 6.07) is 15.8. The molecule has 1 N–H and O–H groups in total. The van der Waals surface area contributed by atoms with Crippen molar-refractivity contribution in [1.29, 1.82) is 0 Å². The molecule has 0 saturated carbocycles. The molecule has 2 fully saturated rings. The van der Waals surface area contributed by atoms with Crippen LogP contribution in [0.5, 0.6) is 11.5 Å². The number of carbonyl (C=O) groups is 1. The number of ether oxygens (including phenoxy) is 3. The molecule has 0 spiro atoms. The number of nitrogens with zero attached hydrogens (tertiary/aromatic N) is 2. The van der Waals surface area contributed by atoms with Crippen LogP contribution < -0.4 is 14.8 Å². The van der Waals surface area contributed by atoms with E-state index in [4.69, 9.17) is 14.2 Å². The summed E-state index contributed by atoms with van der Waals surface area (Å²) >= 11 is 0. The molecule has 7 nitrogen and oxygen atoms in total. The summed E-state index contributed by atoms with van der Waals surface area (Å²) in [5.74, 6) is 2.13. The zero-order chi connectivity index (χ0) is 21.5. The number of benzene rings is 2. The third-order valence-electron chi connectivity index (χ3n) is 6.67. The quantitative estimate of drug-likeness (QED) is 0.685. The zero-order valence-corrected chi connectivity index (χ0v) is 17.7. The topological polar surface area (TPSA) is 72.9 Å². The molecule has 1 amide bonds. The summed E-state index contributed by atoms with van der Waals surface area (Å²) in [6.45, 7) is 4.25. The van der Waals surface area contributed by atoms with Gasteiger partial charge in [0.2, 0.25) is 6.79 Å². The maximum absolute atomic E-state index is 13.1. The van der Waals surface area contributed by atoms with Crippen molar-refractivity contribution in [2.24, 2.45) is 11.8 Å². The van der Waals surface area contributed by atoms with Crippen molar-refractivity contribution >= 4 is 16.8 Å². The van der Waals surface area contributed by atoms with Gasteiger partial charge in [0.1, 0.15) is 0 Å². The highest BCUT2D eigenvalue weighted by Gasteiger charge is 2.41. The summed E-state index contributed by atoms with van der Waals surface area (Å²) in [5, 5.41) is 4.29. The van der Waals surface area contributed by atoms with E-state index in [9.17, 15) is 4.79 Å². The SMILES string of the molecule is O=C(NC1C2COCC1CN(Cc1ccc3c(c1)OCO3)C2)c1ccc2ncccc2c1. The van der Waals surface area contributed by atoms with Crippen LogP contribution in [0.3, 0.4) is 0 Å². The minimum atomic E-state index is -0.0260. The number of amides is 1. The Morgan fingerprint density at radius 1 is 1.03 bits per heavy atom. The van der Waals surface area contributed by atoms with Gasteiger partial charge in [-0.3, -0.25) is 14.7 Å². The second-order valence-electron chi connectivity index (χ2n) is 8.85. The van der Waals surface area contributed by atoms with Gasteiger partial charge in [-0.2, -0.15) is 0 Å². The smallest absolute Gasteiger partial charge is 0.251 e. The van der Waals surface area contributed by atoms with Crippen LogP contribution in [-0.2, 0) is 11.3 Å². The predicted octanol–water partition coefficient (Wildman–Crippen LogP) is 2.84. The number of hydrogen-bond donors (Lipinski definition) is 1. The van der Waals surface area contributed by atoms with E-state index < -0.39 is 0 Å². The van der Waals surface area contributed by atoms with E-state index in [2.05, 4.69) is 27.3 Å². The fraction of sp³-hybridized carbons (Fsp3) is 0.360. The van der Waals surface area contributed by atoms with Gasteiger partial charge in [0.25, 0.3) is 5.91 Å². The summed E-state index contributed by atoms with van der Waals surface area (Å²) in [5.41, 5.74) is 2.78. The molecular weight excluding hydrogens is 406 g/mol. The molecule has 2 bridgehead atoms. The van der Waals surface area contributed by atoms with E-state index >= 15 is 0 Å². The zero-order valence-electron chi connectivity index (χ0n) is 17.7. The highest BCUT2D eigenvalue weighted by Crippen LogP contribution is 2.34. The van der Waals surface area contributed by atoms with Gasteiger partial charge in [-0.25, -0.2) is 0 Å². The van der Waals surface area contributed by atoms with Crippen LogP contribution in [-0.4, -0.2) is 54.9 Å². The lowest BCUT2D eigenvalue weighted by molar-refractivity contribution is -0.0641. The largest absolute Gasteiger partial charge is 0.454 e. The number of fused-ring (bicyclic) bond motifs is 4. The van der Waals surface area contributed by atoms with Gasteiger partial charge in [0.05, 0.1) is 18.7 Å². The van der Waals surface area contributed by atoms with Crippen LogP contribution in [0.2, 0.25) is 0 Å². The van der Waals surface area contributed by atoms with Gasteiger partial charge in [-0.05, 0) is 42.0 Å². The maximum Gasteiger partial charge on any atom is 0.251 e. The minimum absolute atomic E-state index is 0.0260. The number of carbonyl (C=O) groups excluding carboxylic acids is 1. The highest BCUT2D eigenvalue weighted by molar-refractivity contribution is 5.98. The van der Waals surface area contributed by atoms with Crippen molar-refractivity contribution < 1.29 is 19.0 Å². The van der Waals surface area contributed by atoms with Crippen molar-refractivity contribution in [1.82, 2.24) is 15.2 Å². The highest BCUT2D eigenvalue weighted by atomic mass is 16.7. The van der Waals surface area contributed by atoms with E-state index in [0.29, 0.717) is 25.6 Å². The van der Waals surface area contributed by atoms with E-state index in [1.807, 2.05) is 36.4 Å². The van der Waals surface area contributed by atoms with Gasteiger partial charge < -0.3 is 19.5 Å². The summed E-state index contributed by atoms with van der Waals surface area (Å²) in [4.78, 5) is 19.9. The number of likely N-dealkylation sites (tertiary alicyclic amines) is 1. The molecule has 2 saturated heterocycles. The second kappa shape index (κ2) is 8.07. The van der Waals surface area contributed by atoms with Gasteiger partial charge in [-0.1, -0.05) is 12.1 Å². The van der Waals surface area contributed by atoms with Crippen LogP contribution in [0.15, 0.2) is 54.7 Å². The number of pyridine rings is 1. The first kappa shape index (κ1) is 19.5. The van der Waals surface area contributed by atoms with E-state index in [1.165, 1.54) is 5.56 Å². The Morgan fingerprint density at radius 3 is 2.75 bits per heavy atom. The monoisotopic (exact) mass is 431 g/mol. The number of nitrogens with one attached hydrogen (secondary N) is 1. The standard InChI is InChI=1S/C25H25N3O4/c29-25(18-4-5-21-17(9-18)2-1-7-26-21)27-24-19-11-28(12-20(24)14-30-13-19)10-16-3-6-22-23(8-16)32-15-31-22/h1-9,19-20,24H,10-15H2,(H,27,29). The lowest BCUT2D eigenvalue weighted by Crippen LogP contribution is -2.61. The number of aromatic nitrogens is 1. The van der Waals surface area contributed by atoms with Crippen molar-refractivity contribution in [3.8, 4) is 11.5 Å². The molecule has 1 aromatic heterocycles. The Kier molecular flexibility index (Phi) is 4.92. The fourth-order valence-corrected chi connectivity index (χ4v) is 5.15. The van der Waals surface area contributed by atoms with Crippen LogP contribution >= 0.6 is 0 Å². The molecule has 0 aliphatic carbocycles. The number of piperidine rings is 1. The minimum Gasteiger partial charge on any atom is -0.454 e. The normalized spacial score (nSPS) is 24.4. The predicted molar refractivity (Wildman–Crippen MR) is 119 cm³/mol. The maximum atomic E-state index is 13.1. The Bertz CT molecular complexity index is 1150. The molecular formula is C25H25N3O4. The molecule has 3 aliphatic heterocycles. The number of hydrogen-bond acceptors (Lipinski definition) is 6. The van der Waals surface area contributed by atoms with Gasteiger partial charge in [0, 0.05) is 54.7 Å². The van der Waals surface area contributed by atoms with Crippen LogP contribution in [0.25, 0.3) is 10.9 Å². The van der Waals surface area contributed by atoms with Crippen molar-refractivity contribution in [2.75, 3.05) is 33.1 Å². The summed E-state index contributed by atoms with van der Waals surface area (Å²) < 4.78 is 16.8. The molecule has 7 heteroatoms. The molecule has 3 aromatic rings. The molecule has 6 rings (SSSR count). The van der Waals surface area contributed by atoms with E-state index in [-0.39, 0.29) is 23.8 Å². The molecule has 2 aromatic carbocycles. The lowest BCUT2D eigenvalue weighted by Gasteiger charge is -2.47. The number of rotatable bonds is 4. The molecule has 3 aliphatic rings. The van der Waals surface area contributed by atoms with Crippen LogP contribution in [0, 0.1) is 11.8 Å². The average Bonchev–Trinajstić information content (AvgIpc) is 3.27. The first-order valence-electron chi connectivity index (χ1n) is 11.1. The molecule has 4 heterocycles. The first-order valence-corrected chi connectivity index (χ1v) is 11.1. The second-order valence-corrected chi connectivity index (χ2v) is 8.85. The van der Waals surface area contributed by atoms with Crippen molar-refractivity contribution in [2.45, 2.75) is 12.6 Å². The van der Waals surface area contributed by atoms with Crippen molar-refractivity contribution in [3.63, 3.8) is 0 Å². The van der Waals surface area contributed by atoms with Crippen LogP contribution in [0.4, 0.5) is 0 Å². The Balaban J connectivity index is 1.14. The molecule has 32 heavy (non-hydrogen) atoms. The fourth-order valence-electron chi connectivity index (χ4n) is 5.15. The average molecular weight is 431 g/mol. The first-order chi connectivity index (χ1) is 15.7. The Labute approximate surface area is 186 Å². The third kappa shape index (κ3) is 3.67. The van der Waals surface area contributed by atoms with Crippen molar-refractivity contribution in [3.05, 3.63) is 65.9 Å². The molecule has 2 unspecified atom stereocenters. The van der Waals surface area contributed by atoms with Gasteiger partial charge in [0.15, 0.2) is 11.5 Å². The third-order valence-corrected chi connectivity index (χ3v) is 6.67. The molecule has 2 atom stereocenters. The lowest BCUT2D eigenvalue weighted by atomic mass is 9.82. The van der Waals surface area contributed by atoms with E-state index in [0.717, 1.165) is 42.0 Å². The Morgan fingerprint density at radius 2 is 1.88 bits per heavy atom. The molecule has 164 valence electrons.